The third-order valence-corrected chi connectivity index (χ3v) is 3.07. The van der Waals surface area contributed by atoms with Gasteiger partial charge in [0.2, 0.25) is 0 Å². The van der Waals surface area contributed by atoms with Gasteiger partial charge in [-0.25, -0.2) is 0 Å². The quantitative estimate of drug-likeness (QED) is 0.828. The van der Waals surface area contributed by atoms with E-state index in [1.165, 1.54) is 0 Å². The maximum atomic E-state index is 9.46. The predicted molar refractivity (Wildman–Crippen MR) is 75.9 cm³/mol. The fourth-order valence-electron chi connectivity index (χ4n) is 1.87. The number of rotatable bonds is 4. The average molecular weight is 258 g/mol. The van der Waals surface area contributed by atoms with Crippen LogP contribution in [-0.4, -0.2) is 15.3 Å². The Kier molecular flexibility index (Phi) is 4.07. The van der Waals surface area contributed by atoms with Crippen LogP contribution >= 0.6 is 12.2 Å². The molecule has 0 bridgehead atoms. The van der Waals surface area contributed by atoms with E-state index in [9.17, 15) is 5.11 Å². The van der Waals surface area contributed by atoms with Gasteiger partial charge in [-0.05, 0) is 35.3 Å². The second kappa shape index (κ2) is 5.76. The fourth-order valence-corrected chi connectivity index (χ4v) is 2.06. The van der Waals surface area contributed by atoms with Crippen molar-refractivity contribution in [3.63, 3.8) is 0 Å². The Balaban J connectivity index is 2.25. The van der Waals surface area contributed by atoms with Crippen LogP contribution in [0.1, 0.15) is 22.3 Å². The molecule has 0 saturated heterocycles. The number of thiocarbonyl (C=S) groups is 1. The van der Waals surface area contributed by atoms with Gasteiger partial charge in [-0.1, -0.05) is 48.5 Å². The smallest absolute Gasteiger partial charge is 0.188 e. The van der Waals surface area contributed by atoms with Crippen LogP contribution in [0.3, 0.4) is 0 Å². The van der Waals surface area contributed by atoms with E-state index >= 15 is 0 Å². The van der Waals surface area contributed by atoms with Crippen LogP contribution in [-0.2, 0) is 13.0 Å². The van der Waals surface area contributed by atoms with Crippen molar-refractivity contribution in [2.24, 2.45) is 0 Å². The highest BCUT2D eigenvalue weighted by atomic mass is 32.1. The maximum Gasteiger partial charge on any atom is 0.188 e. The Hall–Kier alpha value is -1.71. The summed E-state index contributed by atoms with van der Waals surface area (Å²) in [7, 11) is 0. The van der Waals surface area contributed by atoms with Crippen LogP contribution in [0, 0.1) is 0 Å². The Labute approximate surface area is 112 Å². The molecule has 2 rings (SSSR count). The van der Waals surface area contributed by atoms with Crippen LogP contribution in [0.25, 0.3) is 0 Å². The first kappa shape index (κ1) is 12.7. The van der Waals surface area contributed by atoms with Crippen LogP contribution in [0.15, 0.2) is 48.5 Å². The van der Waals surface area contributed by atoms with Gasteiger partial charge in [-0.15, -0.1) is 0 Å². The molecule has 2 aromatic carbocycles. The third-order valence-electron chi connectivity index (χ3n) is 2.85. The molecule has 92 valence electrons. The van der Waals surface area contributed by atoms with E-state index < -0.39 is 0 Å². The fraction of sp³-hybridized carbons (Fsp3) is 0.133. The third kappa shape index (κ3) is 2.94. The zero-order valence-electron chi connectivity index (χ0n) is 9.84. The molecule has 2 nitrogen and oxygen atoms in total. The summed E-state index contributed by atoms with van der Waals surface area (Å²) >= 11 is 4.83. The topological polar surface area (TPSA) is 40.5 Å². The van der Waals surface area contributed by atoms with Crippen molar-refractivity contribution in [2.45, 2.75) is 13.0 Å². The second-order valence-electron chi connectivity index (χ2n) is 4.11. The molecule has 0 spiro atoms. The van der Waals surface area contributed by atoms with Gasteiger partial charge in [0.05, 0.1) is 6.61 Å². The first-order valence-corrected chi connectivity index (χ1v) is 6.11. The van der Waals surface area contributed by atoms with Gasteiger partial charge < -0.3 is 10.2 Å². The van der Waals surface area contributed by atoms with E-state index in [2.05, 4.69) is 0 Å². The summed E-state index contributed by atoms with van der Waals surface area (Å²) in [6.45, 7) is 0.0532. The molecule has 0 saturated carbocycles. The molecule has 0 atom stereocenters. The lowest BCUT2D eigenvalue weighted by atomic mass is 9.99. The van der Waals surface area contributed by atoms with Crippen LogP contribution in [0.5, 0.6) is 0 Å². The molecule has 3 heteroatoms. The molecule has 0 heterocycles. The molecule has 0 aliphatic heterocycles. The summed E-state index contributed by atoms with van der Waals surface area (Å²) in [5, 5.41) is 18.4. The predicted octanol–water partition coefficient (Wildman–Crippen LogP) is 3.00. The Morgan fingerprint density at radius 3 is 2.17 bits per heavy atom. The minimum absolute atomic E-state index is 0.0532. The Bertz CT molecular complexity index is 547. The summed E-state index contributed by atoms with van der Waals surface area (Å²) in [5.41, 5.74) is 3.72. The Morgan fingerprint density at radius 1 is 0.944 bits per heavy atom. The molecule has 0 unspecified atom stereocenters. The van der Waals surface area contributed by atoms with E-state index in [1.54, 1.807) is 0 Å². The van der Waals surface area contributed by atoms with Crippen molar-refractivity contribution in [1.82, 2.24) is 0 Å². The average Bonchev–Trinajstić information content (AvgIpc) is 2.40. The van der Waals surface area contributed by atoms with E-state index in [1.807, 2.05) is 48.5 Å². The van der Waals surface area contributed by atoms with Crippen molar-refractivity contribution >= 4 is 17.3 Å². The largest absolute Gasteiger partial charge is 0.499 e. The van der Waals surface area contributed by atoms with E-state index in [4.69, 9.17) is 17.3 Å². The molecule has 0 amide bonds. The van der Waals surface area contributed by atoms with Crippen LogP contribution in [0.2, 0.25) is 0 Å². The van der Waals surface area contributed by atoms with Crippen molar-refractivity contribution in [1.29, 1.82) is 0 Å². The lowest BCUT2D eigenvalue weighted by Crippen LogP contribution is -2.01. The van der Waals surface area contributed by atoms with Gasteiger partial charge in [0.25, 0.3) is 0 Å². The monoisotopic (exact) mass is 258 g/mol. The number of aliphatic hydroxyl groups excluding tert-OH is 2. The van der Waals surface area contributed by atoms with Crippen molar-refractivity contribution < 1.29 is 10.2 Å². The summed E-state index contributed by atoms with van der Waals surface area (Å²) in [5.74, 6) is 0. The second-order valence-corrected chi connectivity index (χ2v) is 4.50. The van der Waals surface area contributed by atoms with Crippen molar-refractivity contribution in [3.8, 4) is 0 Å². The minimum atomic E-state index is -0.0717. The van der Waals surface area contributed by atoms with E-state index in [0.29, 0.717) is 12.0 Å². The number of benzene rings is 2. The van der Waals surface area contributed by atoms with Gasteiger partial charge >= 0.3 is 0 Å². The van der Waals surface area contributed by atoms with Crippen molar-refractivity contribution in [2.75, 3.05) is 0 Å². The summed E-state index contributed by atoms with van der Waals surface area (Å²) in [4.78, 5) is 0. The van der Waals surface area contributed by atoms with Gasteiger partial charge in [0.1, 0.15) is 0 Å². The summed E-state index contributed by atoms with van der Waals surface area (Å²) in [6.07, 6.45) is 0.711. The van der Waals surface area contributed by atoms with Gasteiger partial charge in [0.15, 0.2) is 5.05 Å². The lowest BCUT2D eigenvalue weighted by molar-refractivity contribution is 0.282. The normalized spacial score (nSPS) is 10.3. The molecule has 0 radical (unpaired) electrons. The zero-order chi connectivity index (χ0) is 13.0. The number of hydrogen-bond donors (Lipinski definition) is 2. The maximum absolute atomic E-state index is 9.46. The molecule has 2 N–H and O–H groups in total. The van der Waals surface area contributed by atoms with Gasteiger partial charge in [0, 0.05) is 5.56 Å². The number of hydrogen-bond acceptors (Lipinski definition) is 2. The van der Waals surface area contributed by atoms with E-state index in [0.717, 1.165) is 16.7 Å². The molecule has 0 aromatic heterocycles. The summed E-state index contributed by atoms with van der Waals surface area (Å²) in [6, 6.07) is 15.3. The SMILES string of the molecule is OCc1ccc(Cc2ccccc2C(O)=S)cc1. The highest BCUT2D eigenvalue weighted by molar-refractivity contribution is 7.80. The molecule has 2 aromatic rings. The Morgan fingerprint density at radius 2 is 1.56 bits per heavy atom. The van der Waals surface area contributed by atoms with E-state index in [-0.39, 0.29) is 11.7 Å². The molecule has 0 aliphatic carbocycles. The molecular weight excluding hydrogens is 244 g/mol. The summed E-state index contributed by atoms with van der Waals surface area (Å²) < 4.78 is 0. The molecule has 0 aliphatic rings. The standard InChI is InChI=1S/C15H14O2S/c16-10-12-7-5-11(6-8-12)9-13-3-1-2-4-14(13)15(17)18/h1-8,16H,9-10H2,(H,17,18). The first-order chi connectivity index (χ1) is 8.70. The molecule has 18 heavy (non-hydrogen) atoms. The lowest BCUT2D eigenvalue weighted by Gasteiger charge is -2.07. The van der Waals surface area contributed by atoms with Crippen LogP contribution < -0.4 is 0 Å². The van der Waals surface area contributed by atoms with Crippen molar-refractivity contribution in [3.05, 3.63) is 70.8 Å². The van der Waals surface area contributed by atoms with Gasteiger partial charge in [-0.2, -0.15) is 0 Å². The highest BCUT2D eigenvalue weighted by Crippen LogP contribution is 2.15. The van der Waals surface area contributed by atoms with Crippen LogP contribution in [0.4, 0.5) is 0 Å². The zero-order valence-corrected chi connectivity index (χ0v) is 10.7. The molecular formula is C15H14O2S. The van der Waals surface area contributed by atoms with Gasteiger partial charge in [-0.3, -0.25) is 0 Å². The first-order valence-electron chi connectivity index (χ1n) is 5.70. The number of aliphatic hydroxyl groups is 2. The highest BCUT2D eigenvalue weighted by Gasteiger charge is 2.06. The molecule has 0 fully saturated rings. The minimum Gasteiger partial charge on any atom is -0.499 e.